The summed E-state index contributed by atoms with van der Waals surface area (Å²) in [6, 6.07) is 16.5. The van der Waals surface area contributed by atoms with E-state index < -0.39 is 16.6 Å². The highest BCUT2D eigenvalue weighted by Gasteiger charge is 2.22. The van der Waals surface area contributed by atoms with E-state index in [1.807, 2.05) is 32.0 Å². The lowest BCUT2D eigenvalue weighted by Gasteiger charge is -2.12. The van der Waals surface area contributed by atoms with Crippen molar-refractivity contribution in [1.82, 2.24) is 0 Å². The zero-order valence-electron chi connectivity index (χ0n) is 16.8. The van der Waals surface area contributed by atoms with Gasteiger partial charge in [-0.2, -0.15) is 0 Å². The first kappa shape index (κ1) is 21.3. The van der Waals surface area contributed by atoms with Crippen LogP contribution in [0.1, 0.15) is 37.4 Å². The molecule has 0 fully saturated rings. The molecule has 0 bridgehead atoms. The first-order chi connectivity index (χ1) is 14.3. The van der Waals surface area contributed by atoms with E-state index in [1.54, 1.807) is 42.7 Å². The monoisotopic (exact) mass is 420 g/mol. The number of thioether (sulfide) groups is 1. The zero-order chi connectivity index (χ0) is 21.8. The number of hydrogen-bond donors (Lipinski definition) is 1. The number of benzene rings is 3. The van der Waals surface area contributed by atoms with Crippen molar-refractivity contribution in [2.75, 3.05) is 11.6 Å². The molecule has 3 aromatic carbocycles. The summed E-state index contributed by atoms with van der Waals surface area (Å²) in [6.45, 7) is 3.82. The third kappa shape index (κ3) is 4.41. The van der Waals surface area contributed by atoms with Gasteiger partial charge >= 0.3 is 0 Å². The molecule has 0 aromatic heterocycles. The number of ketones is 1. The normalized spacial score (nSPS) is 10.5. The minimum Gasteiger partial charge on any atom is -0.322 e. The molecule has 0 aliphatic heterocycles. The number of carbonyl (C=O) groups excluding carboxylic acids is 2. The summed E-state index contributed by atoms with van der Waals surface area (Å²) in [5.41, 5.74) is 2.99. The molecule has 0 saturated carbocycles. The molecule has 7 heteroatoms. The minimum absolute atomic E-state index is 0.134. The van der Waals surface area contributed by atoms with E-state index in [0.717, 1.165) is 11.1 Å². The number of nitro benzene ring substituents is 1. The van der Waals surface area contributed by atoms with Gasteiger partial charge in [-0.3, -0.25) is 19.7 Å². The highest BCUT2D eigenvalue weighted by molar-refractivity contribution is 7.98. The van der Waals surface area contributed by atoms with Crippen molar-refractivity contribution in [2.24, 2.45) is 0 Å². The summed E-state index contributed by atoms with van der Waals surface area (Å²) in [6.07, 6.45) is 1.73. The van der Waals surface area contributed by atoms with Crippen LogP contribution < -0.4 is 5.32 Å². The van der Waals surface area contributed by atoms with Crippen LogP contribution in [0.25, 0.3) is 0 Å². The average Bonchev–Trinajstić information content (AvgIpc) is 2.75. The van der Waals surface area contributed by atoms with E-state index in [2.05, 4.69) is 5.32 Å². The summed E-state index contributed by atoms with van der Waals surface area (Å²) in [7, 11) is 0. The molecule has 1 N–H and O–H groups in total. The Hall–Kier alpha value is -3.45. The first-order valence-corrected chi connectivity index (χ1v) is 10.4. The Morgan fingerprint density at radius 2 is 1.67 bits per heavy atom. The number of nitro groups is 1. The molecule has 1 amide bonds. The maximum absolute atomic E-state index is 13.1. The first-order valence-electron chi connectivity index (χ1n) is 9.16. The van der Waals surface area contributed by atoms with Gasteiger partial charge in [-0.15, -0.1) is 11.8 Å². The third-order valence-electron chi connectivity index (χ3n) is 4.70. The summed E-state index contributed by atoms with van der Waals surface area (Å²) in [5, 5.41) is 14.2. The minimum atomic E-state index is -0.512. The van der Waals surface area contributed by atoms with Gasteiger partial charge < -0.3 is 5.32 Å². The van der Waals surface area contributed by atoms with Gasteiger partial charge in [0.15, 0.2) is 5.78 Å². The molecule has 0 atom stereocenters. The zero-order valence-corrected chi connectivity index (χ0v) is 17.6. The van der Waals surface area contributed by atoms with Crippen molar-refractivity contribution in [1.29, 1.82) is 0 Å². The molecule has 30 heavy (non-hydrogen) atoms. The summed E-state index contributed by atoms with van der Waals surface area (Å²) in [5.74, 6) is -0.861. The number of nitrogens with one attached hydrogen (secondary N) is 1. The smallest absolute Gasteiger partial charge is 0.283 e. The predicted octanol–water partition coefficient (Wildman–Crippen LogP) is 5.42. The Morgan fingerprint density at radius 1 is 0.967 bits per heavy atom. The molecule has 0 radical (unpaired) electrons. The molecule has 3 rings (SSSR count). The predicted molar refractivity (Wildman–Crippen MR) is 119 cm³/mol. The highest BCUT2D eigenvalue weighted by Crippen LogP contribution is 2.29. The lowest BCUT2D eigenvalue weighted by atomic mass is 9.97. The summed E-state index contributed by atoms with van der Waals surface area (Å²) >= 11 is 1.23. The summed E-state index contributed by atoms with van der Waals surface area (Å²) < 4.78 is 0. The molecule has 0 heterocycles. The van der Waals surface area contributed by atoms with Gasteiger partial charge in [-0.25, -0.2) is 0 Å². The van der Waals surface area contributed by atoms with Gasteiger partial charge in [0.1, 0.15) is 0 Å². The number of rotatable bonds is 6. The van der Waals surface area contributed by atoms with Crippen LogP contribution >= 0.6 is 11.8 Å². The Morgan fingerprint density at radius 3 is 2.33 bits per heavy atom. The topological polar surface area (TPSA) is 89.3 Å². The maximum atomic E-state index is 13.1. The van der Waals surface area contributed by atoms with E-state index in [-0.39, 0.29) is 22.4 Å². The van der Waals surface area contributed by atoms with Crippen LogP contribution in [0.3, 0.4) is 0 Å². The number of nitrogens with zero attached hydrogens (tertiary/aromatic N) is 1. The fourth-order valence-corrected chi connectivity index (χ4v) is 3.62. The van der Waals surface area contributed by atoms with Crippen LogP contribution in [0.4, 0.5) is 11.4 Å². The van der Waals surface area contributed by atoms with Crippen molar-refractivity contribution in [3.05, 3.63) is 98.6 Å². The SMILES string of the molecule is CSc1ccc(C(=O)c2ccccc2C(=O)Nc2cc(C)ccc2C)cc1[N+](=O)[O-]. The third-order valence-corrected chi connectivity index (χ3v) is 5.48. The van der Waals surface area contributed by atoms with Gasteiger partial charge in [0.25, 0.3) is 11.6 Å². The molecular weight excluding hydrogens is 400 g/mol. The number of anilines is 1. The van der Waals surface area contributed by atoms with E-state index in [1.165, 1.54) is 17.8 Å². The Kier molecular flexibility index (Phi) is 6.32. The fourth-order valence-electron chi connectivity index (χ4n) is 3.07. The molecule has 6 nitrogen and oxygen atoms in total. The molecular formula is C23H20N2O4S. The maximum Gasteiger partial charge on any atom is 0.283 e. The van der Waals surface area contributed by atoms with Crippen LogP contribution in [0.5, 0.6) is 0 Å². The van der Waals surface area contributed by atoms with Crippen molar-refractivity contribution in [3.63, 3.8) is 0 Å². The number of carbonyl (C=O) groups is 2. The highest BCUT2D eigenvalue weighted by atomic mass is 32.2. The number of aryl methyl sites for hydroxylation is 2. The molecule has 0 spiro atoms. The van der Waals surface area contributed by atoms with Crippen molar-refractivity contribution >= 4 is 34.8 Å². The second-order valence-corrected chi connectivity index (χ2v) is 7.64. The van der Waals surface area contributed by atoms with Gasteiger partial charge in [0.05, 0.1) is 15.4 Å². The molecule has 0 unspecified atom stereocenters. The lowest BCUT2D eigenvalue weighted by Crippen LogP contribution is -2.17. The number of amides is 1. The Labute approximate surface area is 178 Å². The van der Waals surface area contributed by atoms with E-state index in [9.17, 15) is 19.7 Å². The van der Waals surface area contributed by atoms with E-state index in [4.69, 9.17) is 0 Å². The number of hydrogen-bond acceptors (Lipinski definition) is 5. The van der Waals surface area contributed by atoms with Crippen LogP contribution in [0.2, 0.25) is 0 Å². The van der Waals surface area contributed by atoms with Gasteiger partial charge in [-0.1, -0.05) is 30.3 Å². The molecule has 0 saturated heterocycles. The molecule has 152 valence electrons. The Balaban J connectivity index is 1.98. The standard InChI is InChI=1S/C23H20N2O4S/c1-14-8-9-15(2)19(12-14)24-23(27)18-7-5-4-6-17(18)22(26)16-10-11-21(30-3)20(13-16)25(28)29/h4-13H,1-3H3,(H,24,27). The average molecular weight is 420 g/mol. The molecule has 3 aromatic rings. The van der Waals surface area contributed by atoms with Crippen LogP contribution in [0, 0.1) is 24.0 Å². The van der Waals surface area contributed by atoms with Gasteiger partial charge in [0, 0.05) is 22.9 Å². The van der Waals surface area contributed by atoms with E-state index >= 15 is 0 Å². The Bertz CT molecular complexity index is 1160. The van der Waals surface area contributed by atoms with Gasteiger partial charge in [0.2, 0.25) is 0 Å². The molecule has 0 aliphatic carbocycles. The van der Waals surface area contributed by atoms with Crippen molar-refractivity contribution < 1.29 is 14.5 Å². The van der Waals surface area contributed by atoms with Gasteiger partial charge in [-0.05, 0) is 55.5 Å². The lowest BCUT2D eigenvalue weighted by molar-refractivity contribution is -0.387. The second-order valence-electron chi connectivity index (χ2n) is 6.79. The summed E-state index contributed by atoms with van der Waals surface area (Å²) in [4.78, 5) is 37.3. The second kappa shape index (κ2) is 8.92. The molecule has 0 aliphatic rings. The van der Waals surface area contributed by atoms with E-state index in [0.29, 0.717) is 10.6 Å². The largest absolute Gasteiger partial charge is 0.322 e. The van der Waals surface area contributed by atoms with Crippen LogP contribution in [0.15, 0.2) is 65.6 Å². The quantitative estimate of drug-likeness (QED) is 0.249. The van der Waals surface area contributed by atoms with Crippen molar-refractivity contribution in [2.45, 2.75) is 18.7 Å². The fraction of sp³-hybridized carbons (Fsp3) is 0.130. The van der Waals surface area contributed by atoms with Crippen molar-refractivity contribution in [3.8, 4) is 0 Å². The van der Waals surface area contributed by atoms with Crippen LogP contribution in [-0.4, -0.2) is 22.9 Å². The van der Waals surface area contributed by atoms with Crippen LogP contribution in [-0.2, 0) is 0 Å².